The Kier molecular flexibility index (Phi) is 3.63. The summed E-state index contributed by atoms with van der Waals surface area (Å²) in [5.74, 6) is -0.367. The van der Waals surface area contributed by atoms with E-state index in [0.29, 0.717) is 12.3 Å². The molecule has 68 valence electrons. The van der Waals surface area contributed by atoms with Gasteiger partial charge in [-0.2, -0.15) is 10.2 Å². The van der Waals surface area contributed by atoms with E-state index >= 15 is 0 Å². The minimum absolute atomic E-state index is 0.367. The van der Waals surface area contributed by atoms with Gasteiger partial charge in [-0.15, -0.1) is 0 Å². The molecule has 0 aliphatic carbocycles. The summed E-state index contributed by atoms with van der Waals surface area (Å²) in [6.45, 7) is 2.14. The quantitative estimate of drug-likeness (QED) is 0.513. The summed E-state index contributed by atoms with van der Waals surface area (Å²) in [6.07, 6.45) is 4.46. The van der Waals surface area contributed by atoms with Gasteiger partial charge in [0, 0.05) is 12.3 Å². The highest BCUT2D eigenvalue weighted by Crippen LogP contribution is 1.94. The van der Waals surface area contributed by atoms with Crippen molar-refractivity contribution < 1.29 is 9.53 Å². The van der Waals surface area contributed by atoms with E-state index in [0.717, 1.165) is 0 Å². The Morgan fingerprint density at radius 1 is 1.69 bits per heavy atom. The average Bonchev–Trinajstić information content (AvgIpc) is 2.17. The van der Waals surface area contributed by atoms with Crippen LogP contribution in [0.2, 0.25) is 0 Å². The zero-order chi connectivity index (χ0) is 9.52. The van der Waals surface area contributed by atoms with Crippen LogP contribution in [0.5, 0.6) is 0 Å². The summed E-state index contributed by atoms with van der Waals surface area (Å²) in [7, 11) is 0. The molecule has 0 radical (unpaired) electrons. The molecule has 0 fully saturated rings. The van der Waals surface area contributed by atoms with Crippen molar-refractivity contribution >= 4 is 12.0 Å². The molecule has 1 aromatic heterocycles. The van der Waals surface area contributed by atoms with Crippen LogP contribution in [-0.4, -0.2) is 22.8 Å². The van der Waals surface area contributed by atoms with Gasteiger partial charge >= 0.3 is 5.97 Å². The number of aromatic nitrogens is 2. The van der Waals surface area contributed by atoms with E-state index < -0.39 is 0 Å². The first-order valence-electron chi connectivity index (χ1n) is 3.95. The lowest BCUT2D eigenvalue weighted by Gasteiger charge is -1.93. The largest absolute Gasteiger partial charge is 0.463 e. The zero-order valence-electron chi connectivity index (χ0n) is 7.30. The van der Waals surface area contributed by atoms with Crippen LogP contribution in [0.25, 0.3) is 6.08 Å². The Labute approximate surface area is 76.2 Å². The molecule has 1 heterocycles. The van der Waals surface area contributed by atoms with Gasteiger partial charge in [-0.1, -0.05) is 0 Å². The molecule has 1 rings (SSSR count). The average molecular weight is 178 g/mol. The molecule has 0 spiro atoms. The SMILES string of the molecule is CCOC(=O)C=Cc1cccnn1. The van der Waals surface area contributed by atoms with Crippen LogP contribution in [-0.2, 0) is 9.53 Å². The maximum absolute atomic E-state index is 10.9. The zero-order valence-corrected chi connectivity index (χ0v) is 7.30. The van der Waals surface area contributed by atoms with E-state index in [2.05, 4.69) is 14.9 Å². The van der Waals surface area contributed by atoms with Crippen LogP contribution in [0.3, 0.4) is 0 Å². The van der Waals surface area contributed by atoms with Gasteiger partial charge < -0.3 is 4.74 Å². The second-order valence-corrected chi connectivity index (χ2v) is 2.23. The van der Waals surface area contributed by atoms with Crippen molar-refractivity contribution in [3.05, 3.63) is 30.1 Å². The van der Waals surface area contributed by atoms with E-state index in [1.165, 1.54) is 6.08 Å². The highest BCUT2D eigenvalue weighted by Gasteiger charge is 1.93. The first kappa shape index (κ1) is 9.38. The molecule has 0 bridgehead atoms. The molecule has 0 saturated carbocycles. The normalized spacial score (nSPS) is 10.2. The number of hydrogen-bond acceptors (Lipinski definition) is 4. The Hall–Kier alpha value is -1.71. The third kappa shape index (κ3) is 3.46. The van der Waals surface area contributed by atoms with E-state index in [-0.39, 0.29) is 5.97 Å². The molecule has 1 aromatic rings. The molecule has 0 amide bonds. The molecule has 13 heavy (non-hydrogen) atoms. The van der Waals surface area contributed by atoms with Crippen LogP contribution >= 0.6 is 0 Å². The van der Waals surface area contributed by atoms with Crippen molar-refractivity contribution in [1.82, 2.24) is 10.2 Å². The summed E-state index contributed by atoms with van der Waals surface area (Å²) in [5, 5.41) is 7.42. The molecule has 0 aliphatic rings. The highest BCUT2D eigenvalue weighted by atomic mass is 16.5. The topological polar surface area (TPSA) is 52.1 Å². The van der Waals surface area contributed by atoms with Crippen LogP contribution in [0.15, 0.2) is 24.4 Å². The summed E-state index contributed by atoms with van der Waals surface area (Å²) >= 11 is 0. The van der Waals surface area contributed by atoms with Crippen LogP contribution < -0.4 is 0 Å². The third-order valence-electron chi connectivity index (χ3n) is 1.27. The maximum atomic E-state index is 10.9. The Balaban J connectivity index is 2.54. The minimum Gasteiger partial charge on any atom is -0.463 e. The highest BCUT2D eigenvalue weighted by molar-refractivity contribution is 5.86. The number of rotatable bonds is 3. The van der Waals surface area contributed by atoms with Gasteiger partial charge in [-0.3, -0.25) is 0 Å². The second-order valence-electron chi connectivity index (χ2n) is 2.23. The first-order chi connectivity index (χ1) is 6.33. The lowest BCUT2D eigenvalue weighted by molar-refractivity contribution is -0.137. The predicted molar refractivity (Wildman–Crippen MR) is 47.7 cm³/mol. The van der Waals surface area contributed by atoms with Gasteiger partial charge in [-0.05, 0) is 25.1 Å². The van der Waals surface area contributed by atoms with Gasteiger partial charge in [0.05, 0.1) is 12.3 Å². The van der Waals surface area contributed by atoms with Crippen molar-refractivity contribution in [1.29, 1.82) is 0 Å². The first-order valence-corrected chi connectivity index (χ1v) is 3.95. The van der Waals surface area contributed by atoms with Crippen molar-refractivity contribution in [3.8, 4) is 0 Å². The van der Waals surface area contributed by atoms with Gasteiger partial charge in [0.2, 0.25) is 0 Å². The number of carbonyl (C=O) groups excluding carboxylic acids is 1. The summed E-state index contributed by atoms with van der Waals surface area (Å²) < 4.78 is 4.69. The number of carbonyl (C=O) groups is 1. The van der Waals surface area contributed by atoms with Crippen molar-refractivity contribution in [2.24, 2.45) is 0 Å². The molecule has 4 heteroatoms. The Morgan fingerprint density at radius 3 is 3.15 bits per heavy atom. The standard InChI is InChI=1S/C9H10N2O2/c1-2-13-9(12)6-5-8-4-3-7-10-11-8/h3-7H,2H2,1H3. The fourth-order valence-electron chi connectivity index (χ4n) is 0.746. The molecule has 0 saturated heterocycles. The lowest BCUT2D eigenvalue weighted by atomic mass is 10.3. The number of ether oxygens (including phenoxy) is 1. The van der Waals surface area contributed by atoms with Gasteiger partial charge in [-0.25, -0.2) is 4.79 Å². The molecule has 0 unspecified atom stereocenters. The fourth-order valence-corrected chi connectivity index (χ4v) is 0.746. The molecule has 0 N–H and O–H groups in total. The van der Waals surface area contributed by atoms with Gasteiger partial charge in [0.15, 0.2) is 0 Å². The molecule has 0 aromatic carbocycles. The van der Waals surface area contributed by atoms with Crippen molar-refractivity contribution in [2.45, 2.75) is 6.92 Å². The van der Waals surface area contributed by atoms with Crippen molar-refractivity contribution in [2.75, 3.05) is 6.61 Å². The lowest BCUT2D eigenvalue weighted by Crippen LogP contribution is -1.98. The predicted octanol–water partition coefficient (Wildman–Crippen LogP) is 1.05. The van der Waals surface area contributed by atoms with Crippen LogP contribution in [0.4, 0.5) is 0 Å². The third-order valence-corrected chi connectivity index (χ3v) is 1.27. The van der Waals surface area contributed by atoms with Crippen LogP contribution in [0, 0.1) is 0 Å². The molecular formula is C9H10N2O2. The van der Waals surface area contributed by atoms with Crippen LogP contribution in [0.1, 0.15) is 12.6 Å². The second kappa shape index (κ2) is 5.03. The number of nitrogens with zero attached hydrogens (tertiary/aromatic N) is 2. The Bertz CT molecular complexity index is 296. The monoisotopic (exact) mass is 178 g/mol. The van der Waals surface area contributed by atoms with E-state index in [4.69, 9.17) is 0 Å². The summed E-state index contributed by atoms with van der Waals surface area (Å²) in [4.78, 5) is 10.9. The van der Waals surface area contributed by atoms with Crippen molar-refractivity contribution in [3.63, 3.8) is 0 Å². The van der Waals surface area contributed by atoms with E-state index in [1.807, 2.05) is 0 Å². The molecule has 4 nitrogen and oxygen atoms in total. The summed E-state index contributed by atoms with van der Waals surface area (Å²) in [5.41, 5.74) is 0.635. The maximum Gasteiger partial charge on any atom is 0.330 e. The number of hydrogen-bond donors (Lipinski definition) is 0. The summed E-state index contributed by atoms with van der Waals surface area (Å²) in [6, 6.07) is 3.50. The molecule has 0 aliphatic heterocycles. The molecular weight excluding hydrogens is 168 g/mol. The van der Waals surface area contributed by atoms with E-state index in [9.17, 15) is 4.79 Å². The minimum atomic E-state index is -0.367. The Morgan fingerprint density at radius 2 is 2.54 bits per heavy atom. The smallest absolute Gasteiger partial charge is 0.330 e. The van der Waals surface area contributed by atoms with Gasteiger partial charge in [0.1, 0.15) is 0 Å². The van der Waals surface area contributed by atoms with Gasteiger partial charge in [0.25, 0.3) is 0 Å². The number of esters is 1. The molecule has 0 atom stereocenters. The fraction of sp³-hybridized carbons (Fsp3) is 0.222. The van der Waals surface area contributed by atoms with E-state index in [1.54, 1.807) is 31.3 Å².